The number of methoxy groups -OCH3 is 2. The van der Waals surface area contributed by atoms with Gasteiger partial charge in [0, 0.05) is 45.2 Å². The van der Waals surface area contributed by atoms with E-state index in [0.717, 1.165) is 38.4 Å². The average molecular weight is 334 g/mol. The lowest BCUT2D eigenvalue weighted by Crippen LogP contribution is -2.58. The first-order chi connectivity index (χ1) is 11.5. The van der Waals surface area contributed by atoms with Gasteiger partial charge < -0.3 is 14.4 Å². The molecule has 0 aliphatic carbocycles. The number of rotatable bonds is 7. The maximum atomic E-state index is 12.6. The zero-order chi connectivity index (χ0) is 17.5. The summed E-state index contributed by atoms with van der Waals surface area (Å²) in [7, 11) is 3.39. The highest BCUT2D eigenvalue weighted by molar-refractivity contribution is 5.76. The first kappa shape index (κ1) is 18.7. The van der Waals surface area contributed by atoms with Gasteiger partial charge in [0.05, 0.1) is 13.7 Å². The van der Waals surface area contributed by atoms with Crippen LogP contribution in [0.3, 0.4) is 0 Å². The molecule has 0 aromatic heterocycles. The normalized spacial score (nSPS) is 21.8. The van der Waals surface area contributed by atoms with Crippen LogP contribution >= 0.6 is 0 Å². The lowest BCUT2D eigenvalue weighted by Gasteiger charge is -2.44. The fraction of sp³-hybridized carbons (Fsp3) is 0.632. The number of benzene rings is 1. The molecule has 1 fully saturated rings. The van der Waals surface area contributed by atoms with Crippen molar-refractivity contribution in [2.24, 2.45) is 0 Å². The summed E-state index contributed by atoms with van der Waals surface area (Å²) in [5.41, 5.74) is 1.17. The van der Waals surface area contributed by atoms with Crippen LogP contribution in [0.2, 0.25) is 0 Å². The summed E-state index contributed by atoms with van der Waals surface area (Å²) in [6, 6.07) is 8.68. The van der Waals surface area contributed by atoms with Crippen molar-refractivity contribution < 1.29 is 14.3 Å². The van der Waals surface area contributed by atoms with Gasteiger partial charge in [-0.1, -0.05) is 12.1 Å². The predicted octanol–water partition coefficient (Wildman–Crippen LogP) is 2.20. The molecule has 0 spiro atoms. The molecule has 134 valence electrons. The molecule has 1 heterocycles. The van der Waals surface area contributed by atoms with Gasteiger partial charge in [-0.25, -0.2) is 0 Å². The summed E-state index contributed by atoms with van der Waals surface area (Å²) in [5, 5.41) is 0. The molecule has 1 aliphatic rings. The number of hydrogen-bond acceptors (Lipinski definition) is 4. The van der Waals surface area contributed by atoms with Gasteiger partial charge in [0.15, 0.2) is 0 Å². The number of piperazine rings is 1. The first-order valence-corrected chi connectivity index (χ1v) is 8.70. The zero-order valence-corrected chi connectivity index (χ0v) is 15.3. The van der Waals surface area contributed by atoms with Crippen LogP contribution in [0.15, 0.2) is 24.3 Å². The smallest absolute Gasteiger partial charge is 0.223 e. The van der Waals surface area contributed by atoms with E-state index in [0.29, 0.717) is 18.5 Å². The van der Waals surface area contributed by atoms with Crippen molar-refractivity contribution in [1.82, 2.24) is 9.80 Å². The fourth-order valence-electron chi connectivity index (χ4n) is 3.40. The van der Waals surface area contributed by atoms with E-state index < -0.39 is 0 Å². The number of hydrogen-bond donors (Lipinski definition) is 0. The molecule has 0 bridgehead atoms. The summed E-state index contributed by atoms with van der Waals surface area (Å²) in [5.74, 6) is 1.09. The summed E-state index contributed by atoms with van der Waals surface area (Å²) < 4.78 is 10.4. The van der Waals surface area contributed by atoms with E-state index in [1.807, 2.05) is 29.2 Å². The number of carbonyl (C=O) groups is 1. The number of nitrogens with zero attached hydrogens (tertiary/aromatic N) is 2. The van der Waals surface area contributed by atoms with E-state index >= 15 is 0 Å². The predicted molar refractivity (Wildman–Crippen MR) is 95.4 cm³/mol. The second-order valence-corrected chi connectivity index (χ2v) is 6.58. The molecule has 5 nitrogen and oxygen atoms in total. The van der Waals surface area contributed by atoms with E-state index in [2.05, 4.69) is 18.7 Å². The SMILES string of the molecule is COCCN1C(C)CN(C(=O)CCc2ccc(OC)cc2)CC1C. The average Bonchev–Trinajstić information content (AvgIpc) is 2.59. The van der Waals surface area contributed by atoms with Crippen LogP contribution in [0.5, 0.6) is 5.75 Å². The fourth-order valence-corrected chi connectivity index (χ4v) is 3.40. The zero-order valence-electron chi connectivity index (χ0n) is 15.3. The molecule has 1 saturated heterocycles. The molecule has 2 atom stereocenters. The third kappa shape index (κ3) is 4.95. The third-order valence-electron chi connectivity index (χ3n) is 4.79. The molecule has 1 amide bonds. The van der Waals surface area contributed by atoms with Gasteiger partial charge in [-0.15, -0.1) is 0 Å². The minimum absolute atomic E-state index is 0.246. The summed E-state index contributed by atoms with van der Waals surface area (Å²) in [6.07, 6.45) is 1.33. The van der Waals surface area contributed by atoms with Crippen LogP contribution in [0.4, 0.5) is 0 Å². The van der Waals surface area contributed by atoms with Crippen molar-refractivity contribution in [3.8, 4) is 5.75 Å². The van der Waals surface area contributed by atoms with Crippen molar-refractivity contribution in [2.75, 3.05) is 40.5 Å². The van der Waals surface area contributed by atoms with Crippen LogP contribution < -0.4 is 4.74 Å². The number of carbonyl (C=O) groups excluding carboxylic acids is 1. The van der Waals surface area contributed by atoms with Crippen molar-refractivity contribution in [3.05, 3.63) is 29.8 Å². The quantitative estimate of drug-likeness (QED) is 0.767. The molecule has 0 N–H and O–H groups in total. The standard InChI is InChI=1S/C19H30N2O3/c1-15-13-20(14-16(2)21(15)11-12-23-3)19(22)10-7-17-5-8-18(24-4)9-6-17/h5-6,8-9,15-16H,7,10-14H2,1-4H3. The molecular formula is C19H30N2O3. The van der Waals surface area contributed by atoms with Crippen LogP contribution in [0.1, 0.15) is 25.8 Å². The Bertz CT molecular complexity index is 506. The van der Waals surface area contributed by atoms with E-state index in [9.17, 15) is 4.79 Å². The minimum Gasteiger partial charge on any atom is -0.497 e. The van der Waals surface area contributed by atoms with E-state index in [4.69, 9.17) is 9.47 Å². The van der Waals surface area contributed by atoms with E-state index in [1.165, 1.54) is 5.56 Å². The van der Waals surface area contributed by atoms with Gasteiger partial charge in [-0.2, -0.15) is 0 Å². The summed E-state index contributed by atoms with van der Waals surface area (Å²) in [4.78, 5) is 17.0. The molecular weight excluding hydrogens is 304 g/mol. The van der Waals surface area contributed by atoms with Crippen LogP contribution in [0, 0.1) is 0 Å². The van der Waals surface area contributed by atoms with E-state index in [1.54, 1.807) is 14.2 Å². The highest BCUT2D eigenvalue weighted by atomic mass is 16.5. The van der Waals surface area contributed by atoms with E-state index in [-0.39, 0.29) is 5.91 Å². The molecule has 0 saturated carbocycles. The molecule has 2 rings (SSSR count). The van der Waals surface area contributed by atoms with Gasteiger partial charge in [-0.3, -0.25) is 9.69 Å². The number of amides is 1. The summed E-state index contributed by atoms with van der Waals surface area (Å²) in [6.45, 7) is 7.64. The maximum Gasteiger partial charge on any atom is 0.223 e. The number of aryl methyl sites for hydroxylation is 1. The number of ether oxygens (including phenoxy) is 2. The topological polar surface area (TPSA) is 42.0 Å². The van der Waals surface area contributed by atoms with Gasteiger partial charge in [0.1, 0.15) is 5.75 Å². The Balaban J connectivity index is 1.84. The Labute approximate surface area is 145 Å². The molecule has 5 heteroatoms. The van der Waals surface area contributed by atoms with Crippen LogP contribution in [0.25, 0.3) is 0 Å². The molecule has 1 aromatic rings. The molecule has 0 radical (unpaired) electrons. The lowest BCUT2D eigenvalue weighted by atomic mass is 10.1. The van der Waals surface area contributed by atoms with Crippen LogP contribution in [-0.2, 0) is 16.0 Å². The first-order valence-electron chi connectivity index (χ1n) is 8.70. The Morgan fingerprint density at radius 1 is 1.12 bits per heavy atom. The summed E-state index contributed by atoms with van der Waals surface area (Å²) >= 11 is 0. The van der Waals surface area contributed by atoms with Crippen molar-refractivity contribution in [1.29, 1.82) is 0 Å². The largest absolute Gasteiger partial charge is 0.497 e. The Kier molecular flexibility index (Phi) is 7.06. The molecule has 2 unspecified atom stereocenters. The Morgan fingerprint density at radius 3 is 2.29 bits per heavy atom. The van der Waals surface area contributed by atoms with Crippen LogP contribution in [-0.4, -0.2) is 68.3 Å². The lowest BCUT2D eigenvalue weighted by molar-refractivity contribution is -0.135. The third-order valence-corrected chi connectivity index (χ3v) is 4.79. The Morgan fingerprint density at radius 2 is 1.75 bits per heavy atom. The highest BCUT2D eigenvalue weighted by Gasteiger charge is 2.31. The van der Waals surface area contributed by atoms with Crippen molar-refractivity contribution in [3.63, 3.8) is 0 Å². The molecule has 24 heavy (non-hydrogen) atoms. The van der Waals surface area contributed by atoms with Crippen molar-refractivity contribution >= 4 is 5.91 Å². The van der Waals surface area contributed by atoms with Gasteiger partial charge in [0.25, 0.3) is 0 Å². The minimum atomic E-state index is 0.246. The second kappa shape index (κ2) is 9.04. The monoisotopic (exact) mass is 334 g/mol. The van der Waals surface area contributed by atoms with Gasteiger partial charge in [-0.05, 0) is 38.0 Å². The highest BCUT2D eigenvalue weighted by Crippen LogP contribution is 2.18. The van der Waals surface area contributed by atoms with Gasteiger partial charge in [0.2, 0.25) is 5.91 Å². The maximum absolute atomic E-state index is 12.6. The second-order valence-electron chi connectivity index (χ2n) is 6.58. The Hall–Kier alpha value is -1.59. The van der Waals surface area contributed by atoms with Crippen molar-refractivity contribution in [2.45, 2.75) is 38.8 Å². The molecule has 1 aliphatic heterocycles. The molecule has 1 aromatic carbocycles. The van der Waals surface area contributed by atoms with Gasteiger partial charge >= 0.3 is 0 Å².